The van der Waals surface area contributed by atoms with Gasteiger partial charge in [0.2, 0.25) is 0 Å². The number of hydrogen-bond donors (Lipinski definition) is 0. The summed E-state index contributed by atoms with van der Waals surface area (Å²) in [6.45, 7) is 19.3. The van der Waals surface area contributed by atoms with E-state index in [1.807, 2.05) is 20.8 Å². The van der Waals surface area contributed by atoms with Crippen molar-refractivity contribution in [3.8, 4) is 0 Å². The zero-order valence-electron chi connectivity index (χ0n) is 23.6. The fraction of sp³-hybridized carbons (Fsp3) is 0.897. The van der Waals surface area contributed by atoms with Crippen LogP contribution in [0.2, 0.25) is 0 Å². The van der Waals surface area contributed by atoms with Crippen molar-refractivity contribution in [3.05, 3.63) is 11.4 Å². The molecule has 4 rings (SSSR count). The van der Waals surface area contributed by atoms with E-state index in [-0.39, 0.29) is 18.2 Å². The number of hydrogen-bond acceptors (Lipinski definition) is 5. The minimum atomic E-state index is -0.594. The number of nitrogens with zero attached hydrogens (tertiary/aromatic N) is 4. The van der Waals surface area contributed by atoms with Crippen LogP contribution in [0.15, 0.2) is 0 Å². The van der Waals surface area contributed by atoms with Gasteiger partial charge in [0.1, 0.15) is 11.2 Å². The van der Waals surface area contributed by atoms with Gasteiger partial charge in [-0.3, -0.25) is 4.85 Å². The second-order valence-corrected chi connectivity index (χ2v) is 12.8. The molecule has 1 aliphatic carbocycles. The van der Waals surface area contributed by atoms with Gasteiger partial charge in [0, 0.05) is 45.6 Å². The number of carbonyl (C=O) groups excluding carboxylic acids is 2. The average Bonchev–Trinajstić information content (AvgIpc) is 3.12. The van der Waals surface area contributed by atoms with Crippen molar-refractivity contribution in [1.29, 1.82) is 0 Å². The highest BCUT2D eigenvalue weighted by atomic mass is 16.6. The largest absolute Gasteiger partial charge is 0.444 e. The minimum absolute atomic E-state index is 0.120. The van der Waals surface area contributed by atoms with Gasteiger partial charge in [0.25, 0.3) is 5.66 Å². The van der Waals surface area contributed by atoms with Crippen LogP contribution in [0.1, 0.15) is 105 Å². The molecule has 0 radical (unpaired) electrons. The molecule has 4 aliphatic rings. The molecule has 1 atom stereocenters. The molecule has 0 N–H and O–H groups in total. The van der Waals surface area contributed by atoms with E-state index in [4.69, 9.17) is 16.0 Å². The zero-order chi connectivity index (χ0) is 26.7. The van der Waals surface area contributed by atoms with E-state index in [1.165, 1.54) is 32.1 Å². The molecule has 208 valence electrons. The first-order chi connectivity index (χ1) is 17.6. The topological polar surface area (TPSA) is 66.7 Å². The number of unbranched alkanes of at least 4 members (excludes halogenated alkanes) is 1. The molecule has 3 aliphatic heterocycles. The molecular formula is C29H48N4O4. The zero-order valence-corrected chi connectivity index (χ0v) is 23.6. The number of piperidine rings is 2. The lowest BCUT2D eigenvalue weighted by molar-refractivity contribution is -0.0560. The third-order valence-electron chi connectivity index (χ3n) is 9.14. The van der Waals surface area contributed by atoms with E-state index in [2.05, 4.69) is 21.6 Å². The smallest absolute Gasteiger partial charge is 0.410 e. The normalized spacial score (nSPS) is 26.7. The van der Waals surface area contributed by atoms with Crippen LogP contribution in [-0.4, -0.2) is 82.5 Å². The summed E-state index contributed by atoms with van der Waals surface area (Å²) >= 11 is 0. The fourth-order valence-corrected chi connectivity index (χ4v) is 6.99. The van der Waals surface area contributed by atoms with Crippen molar-refractivity contribution >= 4 is 12.2 Å². The summed E-state index contributed by atoms with van der Waals surface area (Å²) in [7, 11) is 0. The first-order valence-corrected chi connectivity index (χ1v) is 14.7. The van der Waals surface area contributed by atoms with Crippen LogP contribution in [0.5, 0.6) is 0 Å². The Labute approximate surface area is 223 Å². The first kappa shape index (κ1) is 28.0. The average molecular weight is 517 g/mol. The molecule has 0 aromatic carbocycles. The summed E-state index contributed by atoms with van der Waals surface area (Å²) in [5.74, 6) is 0.598. The van der Waals surface area contributed by atoms with E-state index >= 15 is 0 Å². The molecule has 3 saturated heterocycles. The van der Waals surface area contributed by atoms with Crippen molar-refractivity contribution in [3.63, 3.8) is 0 Å². The van der Waals surface area contributed by atoms with Gasteiger partial charge < -0.3 is 19.3 Å². The third-order valence-corrected chi connectivity index (χ3v) is 9.14. The fourth-order valence-electron chi connectivity index (χ4n) is 6.99. The lowest BCUT2D eigenvalue weighted by Crippen LogP contribution is -2.60. The Morgan fingerprint density at radius 2 is 1.73 bits per heavy atom. The summed E-state index contributed by atoms with van der Waals surface area (Å²) in [4.78, 5) is 36.0. The van der Waals surface area contributed by atoms with E-state index in [0.717, 1.165) is 51.7 Å². The van der Waals surface area contributed by atoms with E-state index in [9.17, 15) is 9.59 Å². The maximum Gasteiger partial charge on any atom is 0.410 e. The molecule has 3 heterocycles. The number of amides is 2. The van der Waals surface area contributed by atoms with Gasteiger partial charge >= 0.3 is 12.2 Å². The minimum Gasteiger partial charge on any atom is -0.444 e. The first-order valence-electron chi connectivity index (χ1n) is 14.7. The highest BCUT2D eigenvalue weighted by molar-refractivity contribution is 5.71. The van der Waals surface area contributed by atoms with Gasteiger partial charge in [-0.15, -0.1) is 0 Å². The van der Waals surface area contributed by atoms with Crippen LogP contribution in [0, 0.1) is 12.5 Å². The molecule has 2 amide bonds. The van der Waals surface area contributed by atoms with Crippen molar-refractivity contribution in [2.45, 2.75) is 128 Å². The quantitative estimate of drug-likeness (QED) is 0.402. The molecular weight excluding hydrogens is 468 g/mol. The number of ether oxygens (including phenoxy) is 2. The summed E-state index contributed by atoms with van der Waals surface area (Å²) in [5, 5.41) is 0. The summed E-state index contributed by atoms with van der Waals surface area (Å²) in [6.07, 6.45) is 11.9. The Morgan fingerprint density at radius 1 is 1.08 bits per heavy atom. The van der Waals surface area contributed by atoms with E-state index in [0.29, 0.717) is 31.8 Å². The Morgan fingerprint density at radius 3 is 2.30 bits per heavy atom. The van der Waals surface area contributed by atoms with Gasteiger partial charge in [-0.05, 0) is 46.0 Å². The van der Waals surface area contributed by atoms with E-state index < -0.39 is 16.9 Å². The van der Waals surface area contributed by atoms with Crippen LogP contribution >= 0.6 is 0 Å². The van der Waals surface area contributed by atoms with Crippen molar-refractivity contribution in [2.75, 3.05) is 32.7 Å². The predicted molar refractivity (Wildman–Crippen MR) is 143 cm³/mol. The van der Waals surface area contributed by atoms with Gasteiger partial charge in [0.15, 0.2) is 0 Å². The molecule has 0 aromatic heterocycles. The highest BCUT2D eigenvalue weighted by Gasteiger charge is 2.58. The molecule has 0 aromatic rings. The molecule has 0 bridgehead atoms. The summed E-state index contributed by atoms with van der Waals surface area (Å²) in [5.41, 5.74) is -1.55. The van der Waals surface area contributed by atoms with Crippen LogP contribution < -0.4 is 0 Å². The molecule has 8 heteroatoms. The van der Waals surface area contributed by atoms with Gasteiger partial charge in [-0.2, -0.15) is 0 Å². The predicted octanol–water partition coefficient (Wildman–Crippen LogP) is 6.06. The highest BCUT2D eigenvalue weighted by Crippen LogP contribution is 2.44. The van der Waals surface area contributed by atoms with E-state index in [1.54, 1.807) is 4.90 Å². The maximum atomic E-state index is 13.2. The molecule has 1 spiro atoms. The Hall–Kier alpha value is -2.01. The second kappa shape index (κ2) is 11.4. The third kappa shape index (κ3) is 6.19. The van der Waals surface area contributed by atoms with Gasteiger partial charge in [-0.1, -0.05) is 39.0 Å². The van der Waals surface area contributed by atoms with Crippen LogP contribution in [0.4, 0.5) is 9.59 Å². The van der Waals surface area contributed by atoms with Crippen molar-refractivity contribution < 1.29 is 19.1 Å². The Balaban J connectivity index is 1.40. The number of likely N-dealkylation sites (tertiary alicyclic amines) is 2. The van der Waals surface area contributed by atoms with Crippen molar-refractivity contribution in [1.82, 2.24) is 14.7 Å². The molecule has 1 saturated carbocycles. The van der Waals surface area contributed by atoms with Crippen LogP contribution in [0.3, 0.4) is 0 Å². The molecule has 37 heavy (non-hydrogen) atoms. The monoisotopic (exact) mass is 516 g/mol. The molecule has 8 nitrogen and oxygen atoms in total. The van der Waals surface area contributed by atoms with Crippen LogP contribution in [0.25, 0.3) is 4.85 Å². The number of carbonyl (C=O) groups is 2. The molecule has 1 unspecified atom stereocenters. The summed E-state index contributed by atoms with van der Waals surface area (Å²) < 4.78 is 11.8. The Bertz CT molecular complexity index is 841. The number of rotatable bonds is 6. The van der Waals surface area contributed by atoms with Gasteiger partial charge in [-0.25, -0.2) is 21.1 Å². The lowest BCUT2D eigenvalue weighted by Gasteiger charge is -2.46. The second-order valence-electron chi connectivity index (χ2n) is 12.8. The standard InChI is InChI=1S/C29H48N4O4/c1-6-7-13-24-28(37-26(35)33(24)22-23-11-9-8-10-12-23)14-20-32(21-15-28)29(30-5)16-18-31(19-17-29)25(34)36-27(2,3)4/h23-24H,6-22H2,1-4H3. The van der Waals surface area contributed by atoms with Gasteiger partial charge in [0.05, 0.1) is 18.9 Å². The summed E-state index contributed by atoms with van der Waals surface area (Å²) in [6, 6.07) is 0.141. The van der Waals surface area contributed by atoms with Crippen LogP contribution in [-0.2, 0) is 9.47 Å². The molecule has 4 fully saturated rings. The van der Waals surface area contributed by atoms with Crippen molar-refractivity contribution in [2.24, 2.45) is 5.92 Å². The maximum absolute atomic E-state index is 13.2. The lowest BCUT2D eigenvalue weighted by atomic mass is 9.79. The Kier molecular flexibility index (Phi) is 8.62. The SMILES string of the molecule is [C-]#[N+]C1(N2CCC3(CC2)OC(=O)N(CC2CCCCC2)C3CCCC)CCN(C(=O)OC(C)(C)C)CC1.